The minimum absolute atomic E-state index is 0.0988. The predicted octanol–water partition coefficient (Wildman–Crippen LogP) is 4.28. The van der Waals surface area contributed by atoms with Gasteiger partial charge in [-0.05, 0) is 42.8 Å². The molecule has 1 atom stereocenters. The molecule has 0 spiro atoms. The molecule has 0 bridgehead atoms. The Kier molecular flexibility index (Phi) is 5.44. The summed E-state index contributed by atoms with van der Waals surface area (Å²) in [5.41, 5.74) is -0.121. The van der Waals surface area contributed by atoms with Crippen LogP contribution in [0.25, 0.3) is 0 Å². The normalized spacial score (nSPS) is 13.3. The maximum absolute atomic E-state index is 13.5. The molecular weight excluding hydrogens is 349 g/mol. The third-order valence-corrected chi connectivity index (χ3v) is 4.37. The van der Waals surface area contributed by atoms with Crippen LogP contribution in [0.15, 0.2) is 52.3 Å². The van der Waals surface area contributed by atoms with Gasteiger partial charge in [-0.15, -0.1) is 0 Å². The molecule has 1 aromatic heterocycles. The number of hydrogen-bond donors (Lipinski definition) is 0. The first-order valence-electron chi connectivity index (χ1n) is 6.58. The number of aryl methyl sites for hydroxylation is 1. The van der Waals surface area contributed by atoms with Gasteiger partial charge in [0, 0.05) is 29.2 Å². The number of benzene rings is 1. The average molecular weight is 363 g/mol. The molecule has 0 amide bonds. The lowest BCUT2D eigenvalue weighted by molar-refractivity contribution is -0.169. The summed E-state index contributed by atoms with van der Waals surface area (Å²) in [5, 5.41) is 0.378. The number of aromatic nitrogens is 1. The Morgan fingerprint density at radius 1 is 1.17 bits per heavy atom. The van der Waals surface area contributed by atoms with Crippen LogP contribution in [-0.4, -0.2) is 22.1 Å². The highest BCUT2D eigenvalue weighted by molar-refractivity contribution is 7.97. The van der Waals surface area contributed by atoms with Crippen LogP contribution in [0.3, 0.4) is 0 Å². The average Bonchev–Trinajstić information content (AvgIpc) is 2.44. The Labute approximate surface area is 140 Å². The van der Waals surface area contributed by atoms with E-state index < -0.39 is 12.2 Å². The molecule has 0 saturated carbocycles. The summed E-state index contributed by atoms with van der Waals surface area (Å²) in [5.74, 6) is 0. The molecule has 0 fully saturated rings. The van der Waals surface area contributed by atoms with E-state index in [0.717, 1.165) is 16.3 Å². The van der Waals surface area contributed by atoms with Gasteiger partial charge < -0.3 is 4.57 Å². The van der Waals surface area contributed by atoms with Crippen LogP contribution in [0, 0.1) is 0 Å². The van der Waals surface area contributed by atoms with E-state index in [1.807, 2.05) is 0 Å². The summed E-state index contributed by atoms with van der Waals surface area (Å²) >= 11 is 6.66. The molecule has 0 saturated heterocycles. The first-order valence-corrected chi connectivity index (χ1v) is 7.73. The number of nitrogens with zero attached hydrogens (tertiary/aromatic N) is 2. The molecule has 0 aliphatic heterocycles. The quantitative estimate of drug-likeness (QED) is 0.759. The largest absolute Gasteiger partial charge is 0.408 e. The lowest BCUT2D eigenvalue weighted by Gasteiger charge is -2.29. The third kappa shape index (κ3) is 4.53. The molecule has 2 aromatic rings. The van der Waals surface area contributed by atoms with Crippen molar-refractivity contribution < 1.29 is 13.2 Å². The Morgan fingerprint density at radius 3 is 2.30 bits per heavy atom. The van der Waals surface area contributed by atoms with Gasteiger partial charge in [-0.3, -0.25) is 4.79 Å². The third-order valence-electron chi connectivity index (χ3n) is 3.17. The Balaban J connectivity index is 2.30. The molecule has 0 N–H and O–H groups in total. The highest BCUT2D eigenvalue weighted by Gasteiger charge is 2.44. The van der Waals surface area contributed by atoms with E-state index in [4.69, 9.17) is 11.6 Å². The maximum atomic E-state index is 13.5. The van der Waals surface area contributed by atoms with Crippen molar-refractivity contribution in [1.29, 1.82) is 0 Å². The monoisotopic (exact) mass is 362 g/mol. The minimum Gasteiger partial charge on any atom is -0.317 e. The molecule has 2 rings (SSSR count). The molecule has 23 heavy (non-hydrogen) atoms. The zero-order valence-corrected chi connectivity index (χ0v) is 13.9. The van der Waals surface area contributed by atoms with Crippen LogP contribution in [0.1, 0.15) is 11.6 Å². The van der Waals surface area contributed by atoms with E-state index >= 15 is 0 Å². The first-order chi connectivity index (χ1) is 10.7. The van der Waals surface area contributed by atoms with Crippen LogP contribution in [0.2, 0.25) is 5.02 Å². The highest BCUT2D eigenvalue weighted by Crippen LogP contribution is 2.41. The van der Waals surface area contributed by atoms with E-state index in [-0.39, 0.29) is 11.1 Å². The van der Waals surface area contributed by atoms with Crippen LogP contribution in [-0.2, 0) is 7.05 Å². The standard InChI is InChI=1S/C15H14ClF3N2OS/c1-20-9-12(7-8-13(20)22)23-21(2)14(15(17,18)19)10-3-5-11(16)6-4-10/h3-9,14H,1-2H3/t14-/m1/s1. The van der Waals surface area contributed by atoms with Gasteiger partial charge in [0.15, 0.2) is 0 Å². The van der Waals surface area contributed by atoms with Crippen LogP contribution < -0.4 is 5.56 Å². The van der Waals surface area contributed by atoms with Gasteiger partial charge in [-0.1, -0.05) is 23.7 Å². The molecule has 0 unspecified atom stereocenters. The summed E-state index contributed by atoms with van der Waals surface area (Å²) in [7, 11) is 2.91. The number of halogens is 4. The second kappa shape index (κ2) is 6.98. The van der Waals surface area contributed by atoms with Gasteiger partial charge in [0.05, 0.1) is 0 Å². The lowest BCUT2D eigenvalue weighted by atomic mass is 10.1. The molecule has 8 heteroatoms. The van der Waals surface area contributed by atoms with E-state index in [1.54, 1.807) is 7.05 Å². The van der Waals surface area contributed by atoms with Crippen molar-refractivity contribution in [3.63, 3.8) is 0 Å². The molecular formula is C15H14ClF3N2OS. The second-order valence-corrected chi connectivity index (χ2v) is 6.61. The molecule has 0 aliphatic rings. The molecule has 1 aromatic carbocycles. The van der Waals surface area contributed by atoms with Crippen LogP contribution >= 0.6 is 23.5 Å². The second-order valence-electron chi connectivity index (χ2n) is 4.95. The van der Waals surface area contributed by atoms with Crippen LogP contribution in [0.4, 0.5) is 13.2 Å². The van der Waals surface area contributed by atoms with Crippen molar-refractivity contribution >= 4 is 23.5 Å². The zero-order valence-electron chi connectivity index (χ0n) is 12.3. The minimum atomic E-state index is -4.45. The number of rotatable bonds is 4. The smallest absolute Gasteiger partial charge is 0.317 e. The number of hydrogen-bond acceptors (Lipinski definition) is 3. The summed E-state index contributed by atoms with van der Waals surface area (Å²) in [6.07, 6.45) is -2.95. The summed E-state index contributed by atoms with van der Waals surface area (Å²) in [6, 6.07) is 6.61. The molecule has 0 aliphatic carbocycles. The van der Waals surface area contributed by atoms with Gasteiger partial charge in [0.2, 0.25) is 5.56 Å². The van der Waals surface area contributed by atoms with Gasteiger partial charge in [-0.2, -0.15) is 13.2 Å². The highest BCUT2D eigenvalue weighted by atomic mass is 35.5. The summed E-state index contributed by atoms with van der Waals surface area (Å²) < 4.78 is 42.8. The van der Waals surface area contributed by atoms with Gasteiger partial charge in [-0.25, -0.2) is 4.31 Å². The predicted molar refractivity (Wildman–Crippen MR) is 85.6 cm³/mol. The maximum Gasteiger partial charge on any atom is 0.408 e. The van der Waals surface area contributed by atoms with E-state index in [1.165, 1.54) is 54.2 Å². The first kappa shape index (κ1) is 17.9. The van der Waals surface area contributed by atoms with Gasteiger partial charge >= 0.3 is 6.18 Å². The number of alkyl halides is 3. The van der Waals surface area contributed by atoms with E-state index in [0.29, 0.717) is 9.92 Å². The number of pyridine rings is 1. The summed E-state index contributed by atoms with van der Waals surface area (Å²) in [6.45, 7) is 0. The van der Waals surface area contributed by atoms with Crippen molar-refractivity contribution in [2.75, 3.05) is 7.05 Å². The van der Waals surface area contributed by atoms with Crippen LogP contribution in [0.5, 0.6) is 0 Å². The summed E-state index contributed by atoms with van der Waals surface area (Å²) in [4.78, 5) is 11.9. The fraction of sp³-hybridized carbons (Fsp3) is 0.267. The Morgan fingerprint density at radius 2 is 1.78 bits per heavy atom. The van der Waals surface area contributed by atoms with Gasteiger partial charge in [0.1, 0.15) is 6.04 Å². The van der Waals surface area contributed by atoms with Crippen molar-refractivity contribution in [3.05, 3.63) is 63.5 Å². The fourth-order valence-electron chi connectivity index (χ4n) is 2.09. The van der Waals surface area contributed by atoms with E-state index in [9.17, 15) is 18.0 Å². The SMILES string of the molecule is CN(Sc1ccc(=O)n(C)c1)[C@H](c1ccc(Cl)cc1)C(F)(F)F. The van der Waals surface area contributed by atoms with Crippen molar-refractivity contribution in [2.45, 2.75) is 17.1 Å². The molecule has 0 radical (unpaired) electrons. The molecule has 3 nitrogen and oxygen atoms in total. The van der Waals surface area contributed by atoms with Crippen molar-refractivity contribution in [1.82, 2.24) is 8.87 Å². The fourth-order valence-corrected chi connectivity index (χ4v) is 3.23. The van der Waals surface area contributed by atoms with Crippen molar-refractivity contribution in [2.24, 2.45) is 7.05 Å². The topological polar surface area (TPSA) is 25.2 Å². The van der Waals surface area contributed by atoms with E-state index in [2.05, 4.69) is 0 Å². The molecule has 1 heterocycles. The zero-order chi connectivity index (χ0) is 17.2. The lowest BCUT2D eigenvalue weighted by Crippen LogP contribution is -2.32. The van der Waals surface area contributed by atoms with Gasteiger partial charge in [0.25, 0.3) is 0 Å². The Bertz CT molecular complexity index is 731. The Hall–Kier alpha value is -1.44. The molecule has 124 valence electrons. The van der Waals surface area contributed by atoms with Crippen molar-refractivity contribution in [3.8, 4) is 0 Å².